The highest BCUT2D eigenvalue weighted by atomic mass is 19.4. The zero-order valence-corrected chi connectivity index (χ0v) is 22.9. The number of amides is 3. The summed E-state index contributed by atoms with van der Waals surface area (Å²) >= 11 is 0. The quantitative estimate of drug-likeness (QED) is 0.219. The first kappa shape index (κ1) is 31.1. The van der Waals surface area contributed by atoms with Crippen molar-refractivity contribution in [3.63, 3.8) is 0 Å². The molecule has 1 unspecified atom stereocenters. The van der Waals surface area contributed by atoms with Crippen molar-refractivity contribution in [3.05, 3.63) is 95.6 Å². The molecule has 0 heterocycles. The van der Waals surface area contributed by atoms with Crippen molar-refractivity contribution in [2.45, 2.75) is 44.8 Å². The summed E-state index contributed by atoms with van der Waals surface area (Å²) in [5.41, 5.74) is 3.63. The minimum Gasteiger partial charge on any atom is -0.479 e. The smallest absolute Gasteiger partial charge is 0.479 e. The first-order chi connectivity index (χ1) is 20.5. The average molecular weight is 600 g/mol. The number of halogens is 4. The van der Waals surface area contributed by atoms with Gasteiger partial charge in [0.15, 0.2) is 0 Å². The zero-order valence-electron chi connectivity index (χ0n) is 22.9. The maximum absolute atomic E-state index is 13.5. The number of nitrogens with one attached hydrogen (secondary N) is 2. The van der Waals surface area contributed by atoms with Gasteiger partial charge in [-0.05, 0) is 78.8 Å². The van der Waals surface area contributed by atoms with E-state index in [1.165, 1.54) is 34.7 Å². The highest BCUT2D eigenvalue weighted by Crippen LogP contribution is 2.30. The number of carboxylic acid groups (broad SMARTS) is 1. The SMILES string of the molecule is O=C(NCC(F)C(=O)O)c1ccc(CN(C(=O)Nc2cccc(OC(F)(F)F)c2)c2ccc(C3=CCCCC3)cc2)cc1. The van der Waals surface area contributed by atoms with Gasteiger partial charge in [0.2, 0.25) is 6.17 Å². The Labute approximate surface area is 245 Å². The Hall–Kier alpha value is -4.87. The van der Waals surface area contributed by atoms with E-state index in [1.54, 1.807) is 24.3 Å². The van der Waals surface area contributed by atoms with E-state index in [-0.39, 0.29) is 17.8 Å². The lowest BCUT2D eigenvalue weighted by Crippen LogP contribution is -2.35. The van der Waals surface area contributed by atoms with Crippen molar-refractivity contribution in [2.75, 3.05) is 16.8 Å². The molecular weight excluding hydrogens is 570 g/mol. The molecule has 3 aromatic carbocycles. The predicted molar refractivity (Wildman–Crippen MR) is 153 cm³/mol. The summed E-state index contributed by atoms with van der Waals surface area (Å²) < 4.78 is 55.4. The van der Waals surface area contributed by atoms with Crippen LogP contribution in [0.3, 0.4) is 0 Å². The molecule has 0 aromatic heterocycles. The van der Waals surface area contributed by atoms with Gasteiger partial charge in [-0.25, -0.2) is 14.0 Å². The molecule has 8 nitrogen and oxygen atoms in total. The summed E-state index contributed by atoms with van der Waals surface area (Å²) in [7, 11) is 0. The Morgan fingerprint density at radius 1 is 0.977 bits per heavy atom. The van der Waals surface area contributed by atoms with Crippen LogP contribution < -0.4 is 20.3 Å². The number of rotatable bonds is 10. The van der Waals surface area contributed by atoms with Crippen LogP contribution in [-0.4, -0.2) is 42.1 Å². The Bertz CT molecular complexity index is 1470. The molecule has 1 aliphatic carbocycles. The van der Waals surface area contributed by atoms with Gasteiger partial charge in [0.25, 0.3) is 5.91 Å². The number of nitrogens with zero attached hydrogens (tertiary/aromatic N) is 1. The van der Waals surface area contributed by atoms with E-state index < -0.39 is 42.7 Å². The van der Waals surface area contributed by atoms with Crippen molar-refractivity contribution in [3.8, 4) is 5.75 Å². The van der Waals surface area contributed by atoms with Gasteiger partial charge in [-0.1, -0.05) is 36.4 Å². The minimum atomic E-state index is -4.89. The number of carbonyl (C=O) groups excluding carboxylic acids is 2. The molecule has 3 aromatic rings. The van der Waals surface area contributed by atoms with Gasteiger partial charge in [-0.3, -0.25) is 9.69 Å². The van der Waals surface area contributed by atoms with E-state index in [9.17, 15) is 31.9 Å². The van der Waals surface area contributed by atoms with Crippen LogP contribution >= 0.6 is 0 Å². The zero-order chi connectivity index (χ0) is 31.0. The topological polar surface area (TPSA) is 108 Å². The second-order valence-corrected chi connectivity index (χ2v) is 9.83. The third-order valence-corrected chi connectivity index (χ3v) is 6.67. The minimum absolute atomic E-state index is 0.0279. The third-order valence-electron chi connectivity index (χ3n) is 6.67. The Kier molecular flexibility index (Phi) is 10.0. The van der Waals surface area contributed by atoms with E-state index in [0.29, 0.717) is 11.3 Å². The molecule has 1 atom stereocenters. The van der Waals surface area contributed by atoms with E-state index in [4.69, 9.17) is 5.11 Å². The number of allylic oxidation sites excluding steroid dienone is 2. The van der Waals surface area contributed by atoms with Gasteiger partial charge < -0.3 is 20.5 Å². The van der Waals surface area contributed by atoms with Crippen LogP contribution in [0.2, 0.25) is 0 Å². The van der Waals surface area contributed by atoms with Crippen LogP contribution in [-0.2, 0) is 11.3 Å². The van der Waals surface area contributed by atoms with Gasteiger partial charge in [0, 0.05) is 23.0 Å². The standard InChI is InChI=1S/C31H29F4N3O5/c32-27(29(40)41)18-36-28(39)23-11-9-20(10-12-23)19-38(25-15-13-22(14-16-25)21-5-2-1-3-6-21)30(42)37-24-7-4-8-26(17-24)43-31(33,34)35/h4-5,7-17,27H,1-3,6,18-19H2,(H,36,39)(H,37,42)(H,40,41). The second-order valence-electron chi connectivity index (χ2n) is 9.83. The highest BCUT2D eigenvalue weighted by Gasteiger charge is 2.31. The lowest BCUT2D eigenvalue weighted by Gasteiger charge is -2.24. The maximum atomic E-state index is 13.5. The largest absolute Gasteiger partial charge is 0.573 e. The number of carboxylic acids is 1. The number of ether oxygens (including phenoxy) is 1. The number of alkyl halides is 4. The molecule has 3 N–H and O–H groups in total. The van der Waals surface area contributed by atoms with E-state index >= 15 is 0 Å². The molecular formula is C31H29F4N3O5. The van der Waals surface area contributed by atoms with Crippen molar-refractivity contribution in [1.29, 1.82) is 0 Å². The van der Waals surface area contributed by atoms with Gasteiger partial charge in [0.05, 0.1) is 13.1 Å². The van der Waals surface area contributed by atoms with Gasteiger partial charge in [0.1, 0.15) is 5.75 Å². The van der Waals surface area contributed by atoms with E-state index in [1.807, 2.05) is 12.1 Å². The van der Waals surface area contributed by atoms with Crippen LogP contribution in [0.4, 0.5) is 33.7 Å². The Morgan fingerprint density at radius 3 is 2.33 bits per heavy atom. The molecule has 0 saturated carbocycles. The van der Waals surface area contributed by atoms with Crippen LogP contribution in [0.15, 0.2) is 78.9 Å². The fourth-order valence-electron chi connectivity index (χ4n) is 4.51. The normalized spacial score (nSPS) is 13.8. The van der Waals surface area contributed by atoms with Crippen molar-refractivity contribution in [2.24, 2.45) is 0 Å². The summed E-state index contributed by atoms with van der Waals surface area (Å²) in [6.45, 7) is -0.661. The summed E-state index contributed by atoms with van der Waals surface area (Å²) in [6, 6.07) is 17.7. The predicted octanol–water partition coefficient (Wildman–Crippen LogP) is 6.93. The van der Waals surface area contributed by atoms with Crippen molar-refractivity contribution >= 4 is 34.9 Å². The number of carbonyl (C=O) groups is 3. The van der Waals surface area contributed by atoms with Gasteiger partial charge in [-0.15, -0.1) is 13.2 Å². The summed E-state index contributed by atoms with van der Waals surface area (Å²) in [5.74, 6) is -2.84. The van der Waals surface area contributed by atoms with E-state index in [0.717, 1.165) is 43.4 Å². The van der Waals surface area contributed by atoms with Gasteiger partial charge >= 0.3 is 18.4 Å². The fraction of sp³-hybridized carbons (Fsp3) is 0.258. The first-order valence-electron chi connectivity index (χ1n) is 13.5. The molecule has 0 bridgehead atoms. The Balaban J connectivity index is 1.54. The molecule has 0 spiro atoms. The molecule has 0 saturated heterocycles. The lowest BCUT2D eigenvalue weighted by molar-refractivity contribution is -0.274. The molecule has 0 fully saturated rings. The molecule has 4 rings (SSSR count). The average Bonchev–Trinajstić information content (AvgIpc) is 2.98. The number of urea groups is 1. The van der Waals surface area contributed by atoms with E-state index in [2.05, 4.69) is 21.4 Å². The van der Waals surface area contributed by atoms with Crippen LogP contribution in [0, 0.1) is 0 Å². The summed E-state index contributed by atoms with van der Waals surface area (Å²) in [5, 5.41) is 13.5. The number of aliphatic carboxylic acids is 1. The number of benzene rings is 3. The van der Waals surface area contributed by atoms with Gasteiger partial charge in [-0.2, -0.15) is 0 Å². The number of hydrogen-bond acceptors (Lipinski definition) is 4. The lowest BCUT2D eigenvalue weighted by atomic mass is 9.93. The monoisotopic (exact) mass is 599 g/mol. The van der Waals surface area contributed by atoms with Crippen molar-refractivity contribution in [1.82, 2.24) is 5.32 Å². The summed E-state index contributed by atoms with van der Waals surface area (Å²) in [6.07, 6.45) is -0.724. The number of anilines is 2. The second kappa shape index (κ2) is 13.9. The molecule has 226 valence electrons. The number of hydrogen-bond donors (Lipinski definition) is 3. The van der Waals surface area contributed by atoms with Crippen LogP contribution in [0.25, 0.3) is 5.57 Å². The molecule has 0 aliphatic heterocycles. The maximum Gasteiger partial charge on any atom is 0.573 e. The molecule has 3 amide bonds. The highest BCUT2D eigenvalue weighted by molar-refractivity contribution is 6.02. The van der Waals surface area contributed by atoms with Crippen LogP contribution in [0.5, 0.6) is 5.75 Å². The molecule has 1 aliphatic rings. The first-order valence-corrected chi connectivity index (χ1v) is 13.5. The summed E-state index contributed by atoms with van der Waals surface area (Å²) in [4.78, 5) is 37.8. The fourth-order valence-corrected chi connectivity index (χ4v) is 4.51. The molecule has 43 heavy (non-hydrogen) atoms. The molecule has 12 heteroatoms. The van der Waals surface area contributed by atoms with Crippen LogP contribution in [0.1, 0.15) is 47.2 Å². The Morgan fingerprint density at radius 2 is 1.70 bits per heavy atom. The molecule has 0 radical (unpaired) electrons. The van der Waals surface area contributed by atoms with Crippen molar-refractivity contribution < 1.29 is 41.8 Å². The third kappa shape index (κ3) is 9.06.